The van der Waals surface area contributed by atoms with Gasteiger partial charge in [-0.1, -0.05) is 18.0 Å². The number of halogens is 1. The zero-order valence-corrected chi connectivity index (χ0v) is 17.4. The van der Waals surface area contributed by atoms with E-state index in [9.17, 15) is 9.59 Å². The van der Waals surface area contributed by atoms with Crippen molar-refractivity contribution in [3.63, 3.8) is 0 Å². The number of nitrogens with one attached hydrogen (secondary N) is 1. The van der Waals surface area contributed by atoms with Gasteiger partial charge in [-0.3, -0.25) is 4.79 Å². The molecule has 1 amide bonds. The molecule has 2 atom stereocenters. The van der Waals surface area contributed by atoms with Crippen molar-refractivity contribution in [1.29, 1.82) is 0 Å². The van der Waals surface area contributed by atoms with Crippen LogP contribution in [0.2, 0.25) is 5.02 Å². The molecule has 0 aliphatic heterocycles. The molecule has 1 saturated carbocycles. The van der Waals surface area contributed by atoms with Crippen molar-refractivity contribution in [3.05, 3.63) is 33.8 Å². The lowest BCUT2D eigenvalue weighted by molar-refractivity contribution is -0.156. The molecule has 2 unspecified atom stereocenters. The van der Waals surface area contributed by atoms with E-state index in [2.05, 4.69) is 5.32 Å². The van der Waals surface area contributed by atoms with Gasteiger partial charge in [-0.2, -0.15) is 0 Å². The summed E-state index contributed by atoms with van der Waals surface area (Å²) in [5.74, 6) is -0.286. The van der Waals surface area contributed by atoms with Crippen LogP contribution in [-0.2, 0) is 25.5 Å². The monoisotopic (exact) mass is 395 g/mol. The van der Waals surface area contributed by atoms with Crippen molar-refractivity contribution in [3.8, 4) is 0 Å². The van der Waals surface area contributed by atoms with Gasteiger partial charge in [0.05, 0.1) is 13.0 Å². The highest BCUT2D eigenvalue weighted by Gasteiger charge is 2.45. The molecule has 27 heavy (non-hydrogen) atoms. The summed E-state index contributed by atoms with van der Waals surface area (Å²) in [6.45, 7) is 6.53. The van der Waals surface area contributed by atoms with E-state index >= 15 is 0 Å². The second-order valence-corrected chi connectivity index (χ2v) is 7.90. The first-order chi connectivity index (χ1) is 12.8. The smallest absolute Gasteiger partial charge is 0.331 e. The van der Waals surface area contributed by atoms with Crippen molar-refractivity contribution >= 4 is 23.5 Å². The Morgan fingerprint density at radius 1 is 1.30 bits per heavy atom. The summed E-state index contributed by atoms with van der Waals surface area (Å²) in [4.78, 5) is 25.6. The molecule has 0 bridgehead atoms. The van der Waals surface area contributed by atoms with Crippen molar-refractivity contribution in [1.82, 2.24) is 5.32 Å². The van der Waals surface area contributed by atoms with Gasteiger partial charge in [-0.25, -0.2) is 4.79 Å². The molecule has 150 valence electrons. The van der Waals surface area contributed by atoms with Gasteiger partial charge in [0, 0.05) is 18.7 Å². The fourth-order valence-electron chi connectivity index (χ4n) is 4.08. The number of esters is 1. The third-order valence-electron chi connectivity index (χ3n) is 5.30. The summed E-state index contributed by atoms with van der Waals surface area (Å²) < 4.78 is 10.6. The van der Waals surface area contributed by atoms with Crippen molar-refractivity contribution in [2.45, 2.75) is 58.4 Å². The van der Waals surface area contributed by atoms with E-state index in [1.54, 1.807) is 14.0 Å². The van der Waals surface area contributed by atoms with Crippen LogP contribution in [0.15, 0.2) is 12.1 Å². The molecule has 6 heteroatoms. The summed E-state index contributed by atoms with van der Waals surface area (Å²) in [7, 11) is 1.66. The van der Waals surface area contributed by atoms with Gasteiger partial charge < -0.3 is 14.8 Å². The highest BCUT2D eigenvalue weighted by atomic mass is 35.5. The SMILES string of the molecule is CCOC(=O)C1(NC(=O)Cc2c(C)cc(Cl)cc2C)CCCC(COC)C1. The Kier molecular flexibility index (Phi) is 7.68. The predicted molar refractivity (Wildman–Crippen MR) is 106 cm³/mol. The van der Waals surface area contributed by atoms with E-state index < -0.39 is 5.54 Å². The number of ether oxygens (including phenoxy) is 2. The molecule has 0 saturated heterocycles. The van der Waals surface area contributed by atoms with Gasteiger partial charge in [-0.05, 0) is 74.8 Å². The molecule has 1 aromatic rings. The molecular formula is C21H30ClNO4. The minimum Gasteiger partial charge on any atom is -0.464 e. The number of methoxy groups -OCH3 is 1. The van der Waals surface area contributed by atoms with Crippen LogP contribution in [0, 0.1) is 19.8 Å². The fraction of sp³-hybridized carbons (Fsp3) is 0.619. The molecule has 1 aliphatic rings. The quantitative estimate of drug-likeness (QED) is 0.714. The topological polar surface area (TPSA) is 64.6 Å². The summed E-state index contributed by atoms with van der Waals surface area (Å²) >= 11 is 6.09. The van der Waals surface area contributed by atoms with Gasteiger partial charge >= 0.3 is 5.97 Å². The number of benzene rings is 1. The molecule has 5 nitrogen and oxygen atoms in total. The number of hydrogen-bond acceptors (Lipinski definition) is 4. The van der Waals surface area contributed by atoms with Crippen LogP contribution in [0.25, 0.3) is 0 Å². The number of carbonyl (C=O) groups is 2. The molecule has 1 aliphatic carbocycles. The Hall–Kier alpha value is -1.59. The maximum Gasteiger partial charge on any atom is 0.331 e. The maximum absolute atomic E-state index is 12.9. The lowest BCUT2D eigenvalue weighted by Crippen LogP contribution is -2.58. The number of hydrogen-bond donors (Lipinski definition) is 1. The van der Waals surface area contributed by atoms with Crippen LogP contribution < -0.4 is 5.32 Å². The normalized spacial score (nSPS) is 22.3. The summed E-state index contributed by atoms with van der Waals surface area (Å²) in [5.41, 5.74) is 1.92. The molecule has 0 spiro atoms. The molecule has 1 fully saturated rings. The van der Waals surface area contributed by atoms with Crippen LogP contribution in [0.5, 0.6) is 0 Å². The number of rotatable bonds is 7. The molecule has 1 aromatic carbocycles. The Morgan fingerprint density at radius 3 is 2.56 bits per heavy atom. The second-order valence-electron chi connectivity index (χ2n) is 7.46. The van der Waals surface area contributed by atoms with Gasteiger partial charge in [0.25, 0.3) is 0 Å². The third kappa shape index (κ3) is 5.45. The number of carbonyl (C=O) groups excluding carboxylic acids is 2. The molecule has 0 heterocycles. The average molecular weight is 396 g/mol. The van der Waals surface area contributed by atoms with E-state index in [-0.39, 0.29) is 24.2 Å². The van der Waals surface area contributed by atoms with E-state index in [1.165, 1.54) is 0 Å². The van der Waals surface area contributed by atoms with Gasteiger partial charge in [-0.15, -0.1) is 0 Å². The number of aryl methyl sites for hydroxylation is 2. The van der Waals surface area contributed by atoms with Gasteiger partial charge in [0.2, 0.25) is 5.91 Å². The van der Waals surface area contributed by atoms with E-state index in [1.807, 2.05) is 26.0 Å². The van der Waals surface area contributed by atoms with Gasteiger partial charge in [0.15, 0.2) is 0 Å². The van der Waals surface area contributed by atoms with Gasteiger partial charge in [0.1, 0.15) is 5.54 Å². The zero-order valence-electron chi connectivity index (χ0n) is 16.7. The van der Waals surface area contributed by atoms with Crippen LogP contribution in [-0.4, -0.2) is 37.7 Å². The zero-order chi connectivity index (χ0) is 20.0. The minimum absolute atomic E-state index is 0.172. The fourth-order valence-corrected chi connectivity index (χ4v) is 4.40. The first kappa shape index (κ1) is 21.7. The molecule has 2 rings (SSSR count). The standard InChI is InChI=1S/C21H30ClNO4/c1-5-27-20(25)21(8-6-7-16(12-21)13-26-4)23-19(24)11-18-14(2)9-17(22)10-15(18)3/h9-10,16H,5-8,11-13H2,1-4H3,(H,23,24). The van der Waals surface area contributed by atoms with Crippen LogP contribution in [0.1, 0.15) is 49.3 Å². The lowest BCUT2D eigenvalue weighted by Gasteiger charge is -2.39. The minimum atomic E-state index is -0.969. The average Bonchev–Trinajstić information content (AvgIpc) is 2.59. The molecule has 0 radical (unpaired) electrons. The predicted octanol–water partition coefficient (Wildman–Crippen LogP) is 3.75. The van der Waals surface area contributed by atoms with Crippen LogP contribution >= 0.6 is 11.6 Å². The first-order valence-corrected chi connectivity index (χ1v) is 9.92. The Labute approximate surface area is 166 Å². The maximum atomic E-state index is 12.9. The molecule has 1 N–H and O–H groups in total. The third-order valence-corrected chi connectivity index (χ3v) is 5.52. The lowest BCUT2D eigenvalue weighted by atomic mass is 9.75. The second kappa shape index (κ2) is 9.56. The number of amides is 1. The van der Waals surface area contributed by atoms with Crippen molar-refractivity contribution in [2.75, 3.05) is 20.3 Å². The summed E-state index contributed by atoms with van der Waals surface area (Å²) in [5, 5.41) is 3.68. The van der Waals surface area contributed by atoms with E-state index in [0.717, 1.165) is 29.5 Å². The van der Waals surface area contributed by atoms with E-state index in [4.69, 9.17) is 21.1 Å². The first-order valence-electron chi connectivity index (χ1n) is 9.54. The largest absolute Gasteiger partial charge is 0.464 e. The Balaban J connectivity index is 2.20. The summed E-state index contributed by atoms with van der Waals surface area (Å²) in [6, 6.07) is 3.71. The highest BCUT2D eigenvalue weighted by Crippen LogP contribution is 2.34. The Morgan fingerprint density at radius 2 is 1.96 bits per heavy atom. The van der Waals surface area contributed by atoms with Crippen LogP contribution in [0.3, 0.4) is 0 Å². The van der Waals surface area contributed by atoms with Crippen molar-refractivity contribution < 1.29 is 19.1 Å². The molecular weight excluding hydrogens is 366 g/mol. The van der Waals surface area contributed by atoms with Crippen LogP contribution in [0.4, 0.5) is 0 Å². The van der Waals surface area contributed by atoms with E-state index in [0.29, 0.717) is 31.1 Å². The van der Waals surface area contributed by atoms with Crippen molar-refractivity contribution in [2.24, 2.45) is 5.92 Å². The Bertz CT molecular complexity index is 666. The summed E-state index contributed by atoms with van der Waals surface area (Å²) in [6.07, 6.45) is 3.19. The highest BCUT2D eigenvalue weighted by molar-refractivity contribution is 6.30. The molecule has 0 aromatic heterocycles.